The molecule has 4 rings (SSSR count). The minimum absolute atomic E-state index is 0.0553. The molecule has 1 N–H and O–H groups in total. The first-order valence-electron chi connectivity index (χ1n) is 9.94. The van der Waals surface area contributed by atoms with E-state index in [9.17, 15) is 27.9 Å². The first-order chi connectivity index (χ1) is 14.2. The lowest BCUT2D eigenvalue weighted by molar-refractivity contribution is -0.145. The van der Waals surface area contributed by atoms with E-state index in [4.69, 9.17) is 9.15 Å². The van der Waals surface area contributed by atoms with E-state index in [0.29, 0.717) is 25.6 Å². The van der Waals surface area contributed by atoms with Crippen molar-refractivity contribution in [3.05, 3.63) is 40.2 Å². The molecule has 1 aromatic heterocycles. The molecule has 9 heteroatoms. The van der Waals surface area contributed by atoms with E-state index in [0.717, 1.165) is 31.7 Å². The number of nitrogens with zero attached hydrogens (tertiary/aromatic N) is 1. The Hall–Kier alpha value is -2.55. The topological polar surface area (TPSA) is 80.0 Å². The normalized spacial score (nSPS) is 24.5. The first-order valence-corrected chi connectivity index (χ1v) is 9.94. The van der Waals surface area contributed by atoms with Gasteiger partial charge in [-0.3, -0.25) is 4.79 Å². The number of fused-ring (bicyclic) bond motifs is 2. The van der Waals surface area contributed by atoms with Gasteiger partial charge in [-0.1, -0.05) is 12.8 Å². The molecule has 1 amide bonds. The standard InChI is InChI=1S/C21H22F3NO5/c22-21(23,24)16-10-19(27)30-17-9-14(4-5-15(16)17)29-12-18(26)25-8-7-20(28)6-2-1-3-13(20)11-25/h4-5,9-10,13,28H,1-3,6-8,11-12H2/t13-,20-/m0/s1. The molecule has 0 unspecified atom stereocenters. The quantitative estimate of drug-likeness (QED) is 0.763. The summed E-state index contributed by atoms with van der Waals surface area (Å²) in [7, 11) is 0. The van der Waals surface area contributed by atoms with Gasteiger partial charge in [0.2, 0.25) is 0 Å². The molecule has 1 aromatic carbocycles. The number of carbonyl (C=O) groups excluding carboxylic acids is 1. The fourth-order valence-electron chi connectivity index (χ4n) is 4.50. The largest absolute Gasteiger partial charge is 0.484 e. The lowest BCUT2D eigenvalue weighted by Gasteiger charge is -2.47. The predicted octanol–water partition coefficient (Wildman–Crippen LogP) is 3.34. The number of rotatable bonds is 3. The number of aliphatic hydroxyl groups is 1. The molecule has 1 aliphatic carbocycles. The average Bonchev–Trinajstić information content (AvgIpc) is 2.69. The van der Waals surface area contributed by atoms with Crippen LogP contribution in [-0.2, 0) is 11.0 Å². The second-order valence-electron chi connectivity index (χ2n) is 8.06. The van der Waals surface area contributed by atoms with Crippen molar-refractivity contribution in [2.75, 3.05) is 19.7 Å². The van der Waals surface area contributed by atoms with Gasteiger partial charge in [0, 0.05) is 36.5 Å². The van der Waals surface area contributed by atoms with Crippen LogP contribution in [0.25, 0.3) is 11.0 Å². The van der Waals surface area contributed by atoms with Crippen molar-refractivity contribution in [2.24, 2.45) is 5.92 Å². The van der Waals surface area contributed by atoms with Crippen molar-refractivity contribution in [2.45, 2.75) is 43.9 Å². The van der Waals surface area contributed by atoms with Crippen LogP contribution >= 0.6 is 0 Å². The smallest absolute Gasteiger partial charge is 0.417 e. The highest BCUT2D eigenvalue weighted by Gasteiger charge is 2.43. The molecule has 1 saturated heterocycles. The summed E-state index contributed by atoms with van der Waals surface area (Å²) < 4.78 is 49.7. The van der Waals surface area contributed by atoms with Crippen molar-refractivity contribution >= 4 is 16.9 Å². The fourth-order valence-corrected chi connectivity index (χ4v) is 4.50. The molecule has 2 atom stereocenters. The fraction of sp³-hybridized carbons (Fsp3) is 0.524. The summed E-state index contributed by atoms with van der Waals surface area (Å²) in [6.45, 7) is 0.622. The maximum atomic E-state index is 13.1. The molecule has 0 bridgehead atoms. The van der Waals surface area contributed by atoms with Crippen molar-refractivity contribution < 1.29 is 32.2 Å². The highest BCUT2D eigenvalue weighted by atomic mass is 19.4. The molecule has 0 spiro atoms. The molecule has 6 nitrogen and oxygen atoms in total. The molecule has 2 fully saturated rings. The number of hydrogen-bond acceptors (Lipinski definition) is 5. The monoisotopic (exact) mass is 425 g/mol. The van der Waals surface area contributed by atoms with Crippen LogP contribution in [0.2, 0.25) is 0 Å². The zero-order valence-electron chi connectivity index (χ0n) is 16.2. The number of carbonyl (C=O) groups is 1. The van der Waals surface area contributed by atoms with Gasteiger partial charge in [0.05, 0.1) is 11.2 Å². The summed E-state index contributed by atoms with van der Waals surface area (Å²) in [6, 6.07) is 4.05. The zero-order valence-corrected chi connectivity index (χ0v) is 16.2. The second kappa shape index (κ2) is 7.61. The minimum atomic E-state index is -4.69. The van der Waals surface area contributed by atoms with Crippen molar-refractivity contribution in [1.82, 2.24) is 4.90 Å². The van der Waals surface area contributed by atoms with Crippen LogP contribution < -0.4 is 10.4 Å². The summed E-state index contributed by atoms with van der Waals surface area (Å²) in [5, 5.41) is 10.5. The van der Waals surface area contributed by atoms with Gasteiger partial charge in [-0.2, -0.15) is 13.2 Å². The second-order valence-corrected chi connectivity index (χ2v) is 8.06. The van der Waals surface area contributed by atoms with E-state index in [1.54, 1.807) is 4.90 Å². The van der Waals surface area contributed by atoms with E-state index >= 15 is 0 Å². The third kappa shape index (κ3) is 4.03. The van der Waals surface area contributed by atoms with Gasteiger partial charge in [-0.05, 0) is 31.4 Å². The molecule has 2 aliphatic rings. The number of hydrogen-bond donors (Lipinski definition) is 1. The Morgan fingerprint density at radius 3 is 2.83 bits per heavy atom. The van der Waals surface area contributed by atoms with Gasteiger partial charge in [-0.25, -0.2) is 4.79 Å². The van der Waals surface area contributed by atoms with Gasteiger partial charge in [0.25, 0.3) is 5.91 Å². The van der Waals surface area contributed by atoms with Gasteiger partial charge in [0.15, 0.2) is 6.61 Å². The lowest BCUT2D eigenvalue weighted by atomic mass is 9.71. The zero-order chi connectivity index (χ0) is 21.5. The molecule has 0 radical (unpaired) electrons. The summed E-state index contributed by atoms with van der Waals surface area (Å²) >= 11 is 0. The van der Waals surface area contributed by atoms with Gasteiger partial charge < -0.3 is 19.2 Å². The summed E-state index contributed by atoms with van der Waals surface area (Å²) in [6.07, 6.45) is -0.483. The van der Waals surface area contributed by atoms with E-state index < -0.39 is 23.0 Å². The minimum Gasteiger partial charge on any atom is -0.484 e. The molecule has 2 heterocycles. The van der Waals surface area contributed by atoms with E-state index in [1.165, 1.54) is 12.1 Å². The highest BCUT2D eigenvalue weighted by molar-refractivity contribution is 5.82. The van der Waals surface area contributed by atoms with Crippen LogP contribution in [-0.4, -0.2) is 41.2 Å². The third-order valence-corrected chi connectivity index (χ3v) is 6.16. The average molecular weight is 425 g/mol. The lowest BCUT2D eigenvalue weighted by Crippen LogP contribution is -2.55. The molecule has 1 aliphatic heterocycles. The van der Waals surface area contributed by atoms with E-state index in [2.05, 4.69) is 0 Å². The third-order valence-electron chi connectivity index (χ3n) is 6.16. The Kier molecular flexibility index (Phi) is 5.25. The van der Waals surface area contributed by atoms with Crippen molar-refractivity contribution in [1.29, 1.82) is 0 Å². The molecule has 2 aromatic rings. The van der Waals surface area contributed by atoms with Crippen LogP contribution in [0.4, 0.5) is 13.2 Å². The Morgan fingerprint density at radius 2 is 2.07 bits per heavy atom. The number of halogens is 3. The number of benzene rings is 1. The molecular formula is C21H22F3NO5. The van der Waals surface area contributed by atoms with Gasteiger partial charge >= 0.3 is 11.8 Å². The number of amides is 1. The Balaban J connectivity index is 1.45. The SMILES string of the molecule is O=C(COc1ccc2c(C(F)(F)F)cc(=O)oc2c1)N1CC[C@@]2(O)CCCC[C@H]2C1. The highest BCUT2D eigenvalue weighted by Crippen LogP contribution is 2.40. The predicted molar refractivity (Wildman–Crippen MR) is 101 cm³/mol. The van der Waals surface area contributed by atoms with Gasteiger partial charge in [0.1, 0.15) is 11.3 Å². The number of ether oxygens (including phenoxy) is 1. The van der Waals surface area contributed by atoms with Gasteiger partial charge in [-0.15, -0.1) is 0 Å². The number of alkyl halides is 3. The summed E-state index contributed by atoms with van der Waals surface area (Å²) in [5.74, 6) is -0.0718. The first kappa shape index (κ1) is 20.7. The van der Waals surface area contributed by atoms with Crippen LogP contribution in [0, 0.1) is 5.92 Å². The van der Waals surface area contributed by atoms with E-state index in [1.807, 2.05) is 0 Å². The Labute approximate surface area is 170 Å². The van der Waals surface area contributed by atoms with E-state index in [-0.39, 0.29) is 35.2 Å². The van der Waals surface area contributed by atoms with Crippen LogP contribution in [0.5, 0.6) is 5.75 Å². The molecule has 162 valence electrons. The maximum Gasteiger partial charge on any atom is 0.417 e. The van der Waals surface area contributed by atoms with Crippen molar-refractivity contribution in [3.8, 4) is 5.75 Å². The Bertz CT molecular complexity index is 1020. The molecule has 30 heavy (non-hydrogen) atoms. The number of piperidine rings is 1. The molecular weight excluding hydrogens is 403 g/mol. The van der Waals surface area contributed by atoms with Crippen LogP contribution in [0.15, 0.2) is 33.5 Å². The van der Waals surface area contributed by atoms with Crippen molar-refractivity contribution in [3.63, 3.8) is 0 Å². The Morgan fingerprint density at radius 1 is 1.27 bits per heavy atom. The summed E-state index contributed by atoms with van der Waals surface area (Å²) in [5.41, 5.74) is -3.15. The van der Waals surface area contributed by atoms with Crippen LogP contribution in [0.1, 0.15) is 37.7 Å². The number of likely N-dealkylation sites (tertiary alicyclic amines) is 1. The summed E-state index contributed by atoms with van der Waals surface area (Å²) in [4.78, 5) is 25.7. The van der Waals surface area contributed by atoms with Crippen LogP contribution in [0.3, 0.4) is 0 Å². The maximum absolute atomic E-state index is 13.1. The molecule has 1 saturated carbocycles.